The third-order valence-electron chi connectivity index (χ3n) is 3.37. The van der Waals surface area contributed by atoms with Gasteiger partial charge in [0.15, 0.2) is 0 Å². The molecule has 1 heterocycles. The highest BCUT2D eigenvalue weighted by atomic mass is 16.1. The van der Waals surface area contributed by atoms with Crippen molar-refractivity contribution in [3.8, 4) is 0 Å². The number of hydrogen-bond acceptors (Lipinski definition) is 3. The second-order valence-electron chi connectivity index (χ2n) is 5.35. The SMILES string of the molecule is Cc1c(C(=O)NCCN(C)C)cnn1Cc1ccccc1. The van der Waals surface area contributed by atoms with Crippen molar-refractivity contribution in [1.29, 1.82) is 0 Å². The molecule has 0 spiro atoms. The summed E-state index contributed by atoms with van der Waals surface area (Å²) in [6.45, 7) is 4.06. The van der Waals surface area contributed by atoms with Gasteiger partial charge in [0.25, 0.3) is 5.91 Å². The predicted octanol–water partition coefficient (Wildman–Crippen LogP) is 1.53. The number of nitrogens with zero attached hydrogens (tertiary/aromatic N) is 3. The Morgan fingerprint density at radius 2 is 2.00 bits per heavy atom. The lowest BCUT2D eigenvalue weighted by Gasteiger charge is -2.10. The van der Waals surface area contributed by atoms with E-state index in [1.54, 1.807) is 6.20 Å². The number of carbonyl (C=O) groups excluding carboxylic acids is 1. The zero-order valence-corrected chi connectivity index (χ0v) is 12.8. The van der Waals surface area contributed by atoms with Crippen LogP contribution in [0.5, 0.6) is 0 Å². The molecule has 1 aromatic heterocycles. The highest BCUT2D eigenvalue weighted by Gasteiger charge is 2.13. The van der Waals surface area contributed by atoms with Crippen LogP contribution < -0.4 is 5.32 Å². The summed E-state index contributed by atoms with van der Waals surface area (Å²) in [5, 5.41) is 7.24. The van der Waals surface area contributed by atoms with Gasteiger partial charge < -0.3 is 10.2 Å². The molecule has 1 amide bonds. The third-order valence-corrected chi connectivity index (χ3v) is 3.37. The topological polar surface area (TPSA) is 50.2 Å². The van der Waals surface area contributed by atoms with Gasteiger partial charge in [0.05, 0.1) is 18.3 Å². The molecule has 0 saturated carbocycles. The van der Waals surface area contributed by atoms with Gasteiger partial charge in [-0.15, -0.1) is 0 Å². The van der Waals surface area contributed by atoms with E-state index in [9.17, 15) is 4.79 Å². The van der Waals surface area contributed by atoms with E-state index in [1.807, 2.05) is 48.8 Å². The Bertz CT molecular complexity index is 590. The van der Waals surface area contributed by atoms with E-state index in [1.165, 1.54) is 5.56 Å². The largest absolute Gasteiger partial charge is 0.351 e. The molecule has 2 rings (SSSR count). The van der Waals surface area contributed by atoms with Gasteiger partial charge in [-0.25, -0.2) is 0 Å². The predicted molar refractivity (Wildman–Crippen MR) is 83.4 cm³/mol. The maximum Gasteiger partial charge on any atom is 0.254 e. The van der Waals surface area contributed by atoms with E-state index in [0.717, 1.165) is 12.2 Å². The number of amides is 1. The van der Waals surface area contributed by atoms with Crippen molar-refractivity contribution in [2.24, 2.45) is 0 Å². The van der Waals surface area contributed by atoms with Crippen molar-refractivity contribution in [2.75, 3.05) is 27.2 Å². The number of carbonyl (C=O) groups is 1. The van der Waals surface area contributed by atoms with E-state index in [-0.39, 0.29) is 5.91 Å². The van der Waals surface area contributed by atoms with Gasteiger partial charge in [0.1, 0.15) is 0 Å². The lowest BCUT2D eigenvalue weighted by molar-refractivity contribution is 0.0950. The molecule has 1 N–H and O–H groups in total. The van der Waals surface area contributed by atoms with Crippen LogP contribution in [0.2, 0.25) is 0 Å². The first-order chi connectivity index (χ1) is 10.1. The summed E-state index contributed by atoms with van der Waals surface area (Å²) in [7, 11) is 3.96. The van der Waals surface area contributed by atoms with Crippen LogP contribution in [0.3, 0.4) is 0 Å². The van der Waals surface area contributed by atoms with Gasteiger partial charge in [-0.2, -0.15) is 5.10 Å². The maximum atomic E-state index is 12.1. The molecule has 0 aliphatic heterocycles. The Balaban J connectivity index is 2.01. The molecule has 0 bridgehead atoms. The average molecular weight is 286 g/mol. The van der Waals surface area contributed by atoms with Crippen LogP contribution in [0.4, 0.5) is 0 Å². The molecule has 5 heteroatoms. The van der Waals surface area contributed by atoms with Crippen molar-refractivity contribution in [3.63, 3.8) is 0 Å². The molecule has 2 aromatic rings. The van der Waals surface area contributed by atoms with Crippen molar-refractivity contribution in [1.82, 2.24) is 20.0 Å². The number of likely N-dealkylation sites (N-methyl/N-ethyl adjacent to an activating group) is 1. The van der Waals surface area contributed by atoms with Crippen LogP contribution in [-0.4, -0.2) is 47.8 Å². The van der Waals surface area contributed by atoms with E-state index < -0.39 is 0 Å². The lowest BCUT2D eigenvalue weighted by Crippen LogP contribution is -2.31. The number of hydrogen-bond donors (Lipinski definition) is 1. The minimum Gasteiger partial charge on any atom is -0.351 e. The summed E-state index contributed by atoms with van der Waals surface area (Å²) < 4.78 is 1.86. The fraction of sp³-hybridized carbons (Fsp3) is 0.375. The number of benzene rings is 1. The number of rotatable bonds is 6. The van der Waals surface area contributed by atoms with Crippen molar-refractivity contribution < 1.29 is 4.79 Å². The number of nitrogens with one attached hydrogen (secondary N) is 1. The second kappa shape index (κ2) is 7.04. The molecule has 0 saturated heterocycles. The van der Waals surface area contributed by atoms with Crippen LogP contribution in [-0.2, 0) is 6.54 Å². The van der Waals surface area contributed by atoms with Crippen LogP contribution >= 0.6 is 0 Å². The summed E-state index contributed by atoms with van der Waals surface area (Å²) >= 11 is 0. The number of aromatic nitrogens is 2. The highest BCUT2D eigenvalue weighted by molar-refractivity contribution is 5.95. The van der Waals surface area contributed by atoms with Gasteiger partial charge in [0, 0.05) is 18.8 Å². The zero-order valence-electron chi connectivity index (χ0n) is 12.8. The van der Waals surface area contributed by atoms with Crippen LogP contribution in [0, 0.1) is 6.92 Å². The van der Waals surface area contributed by atoms with Crippen molar-refractivity contribution >= 4 is 5.91 Å². The van der Waals surface area contributed by atoms with E-state index in [2.05, 4.69) is 22.5 Å². The molecule has 0 fully saturated rings. The fourth-order valence-corrected chi connectivity index (χ4v) is 2.07. The Kier molecular flexibility index (Phi) is 5.11. The smallest absolute Gasteiger partial charge is 0.254 e. The summed E-state index contributed by atoms with van der Waals surface area (Å²) in [6, 6.07) is 10.1. The molecule has 112 valence electrons. The summed E-state index contributed by atoms with van der Waals surface area (Å²) in [5.74, 6) is -0.0614. The Labute approximate surface area is 125 Å². The van der Waals surface area contributed by atoms with Crippen LogP contribution in [0.15, 0.2) is 36.5 Å². The first-order valence-electron chi connectivity index (χ1n) is 7.07. The first kappa shape index (κ1) is 15.3. The van der Waals surface area contributed by atoms with E-state index >= 15 is 0 Å². The Morgan fingerprint density at radius 1 is 1.29 bits per heavy atom. The minimum atomic E-state index is -0.0614. The van der Waals surface area contributed by atoms with Gasteiger partial charge in [0.2, 0.25) is 0 Å². The van der Waals surface area contributed by atoms with Gasteiger partial charge in [-0.1, -0.05) is 30.3 Å². The maximum absolute atomic E-state index is 12.1. The summed E-state index contributed by atoms with van der Waals surface area (Å²) in [4.78, 5) is 14.2. The van der Waals surface area contributed by atoms with Gasteiger partial charge in [-0.05, 0) is 26.6 Å². The molecule has 1 aromatic carbocycles. The molecule has 21 heavy (non-hydrogen) atoms. The zero-order chi connectivity index (χ0) is 15.2. The molecule has 0 unspecified atom stereocenters. The normalized spacial score (nSPS) is 10.9. The summed E-state index contributed by atoms with van der Waals surface area (Å²) in [5.41, 5.74) is 2.70. The fourth-order valence-electron chi connectivity index (χ4n) is 2.07. The monoisotopic (exact) mass is 286 g/mol. The molecule has 0 aliphatic carbocycles. The standard InChI is InChI=1S/C16H22N4O/c1-13-15(16(21)17-9-10-19(2)3)11-18-20(13)12-14-7-5-4-6-8-14/h4-8,11H,9-10,12H2,1-3H3,(H,17,21). The van der Waals surface area contributed by atoms with Gasteiger partial charge >= 0.3 is 0 Å². The molecule has 0 aliphatic rings. The van der Waals surface area contributed by atoms with Crippen molar-refractivity contribution in [2.45, 2.75) is 13.5 Å². The van der Waals surface area contributed by atoms with Crippen molar-refractivity contribution in [3.05, 3.63) is 53.3 Å². The Morgan fingerprint density at radius 3 is 2.67 bits per heavy atom. The van der Waals surface area contributed by atoms with Crippen LogP contribution in [0.1, 0.15) is 21.6 Å². The molecule has 0 atom stereocenters. The molecule has 5 nitrogen and oxygen atoms in total. The highest BCUT2D eigenvalue weighted by Crippen LogP contribution is 2.10. The van der Waals surface area contributed by atoms with E-state index in [4.69, 9.17) is 0 Å². The van der Waals surface area contributed by atoms with Crippen LogP contribution in [0.25, 0.3) is 0 Å². The first-order valence-corrected chi connectivity index (χ1v) is 7.07. The lowest BCUT2D eigenvalue weighted by atomic mass is 10.2. The minimum absolute atomic E-state index is 0.0614. The Hall–Kier alpha value is -2.14. The molecule has 0 radical (unpaired) electrons. The summed E-state index contributed by atoms with van der Waals surface area (Å²) in [6.07, 6.45) is 1.64. The second-order valence-corrected chi connectivity index (χ2v) is 5.35. The average Bonchev–Trinajstić information content (AvgIpc) is 2.81. The van der Waals surface area contributed by atoms with Gasteiger partial charge in [-0.3, -0.25) is 9.48 Å². The molecular formula is C16H22N4O. The molecular weight excluding hydrogens is 264 g/mol. The third kappa shape index (κ3) is 4.16. The van der Waals surface area contributed by atoms with E-state index in [0.29, 0.717) is 18.7 Å². The quantitative estimate of drug-likeness (QED) is 0.876.